The van der Waals surface area contributed by atoms with E-state index in [9.17, 15) is 0 Å². The van der Waals surface area contributed by atoms with Gasteiger partial charge in [0.15, 0.2) is 0 Å². The van der Waals surface area contributed by atoms with Gasteiger partial charge in [0.05, 0.1) is 0 Å². The van der Waals surface area contributed by atoms with E-state index in [0.717, 1.165) is 0 Å². The monoisotopic (exact) mass is 250 g/mol. The van der Waals surface area contributed by atoms with Crippen LogP contribution in [0.4, 0.5) is 0 Å². The van der Waals surface area contributed by atoms with E-state index in [0.29, 0.717) is 20.0 Å². The molecule has 0 fully saturated rings. The van der Waals surface area contributed by atoms with Gasteiger partial charge in [-0.1, -0.05) is 26.2 Å². The van der Waals surface area contributed by atoms with Gasteiger partial charge >= 0.3 is 0 Å². The molecule has 0 N–H and O–H groups in total. The lowest BCUT2D eigenvalue weighted by molar-refractivity contribution is 0.333. The van der Waals surface area contributed by atoms with Crippen molar-refractivity contribution in [1.29, 1.82) is 0 Å². The highest BCUT2D eigenvalue weighted by molar-refractivity contribution is 8.48. The number of hydrogen-bond donors (Lipinski definition) is 0. The van der Waals surface area contributed by atoms with Crippen LogP contribution in [0.3, 0.4) is 0 Å². The van der Waals surface area contributed by atoms with Crippen LogP contribution in [0.25, 0.3) is 0 Å². The number of hydrogen-bond acceptors (Lipinski definition) is 2. The standard InChI is InChI=1S/C12H28NPS/c1-6-7-8-9-10-15-14-13(11(2)3)12(4)5/h11-12,14H,6-10H2,1-5H3/p+1. The summed E-state index contributed by atoms with van der Waals surface area (Å²) in [6.07, 6.45) is 5.59. The van der Waals surface area contributed by atoms with Crippen LogP contribution >= 0.6 is 19.3 Å². The minimum Gasteiger partial charge on any atom is -0.169 e. The lowest BCUT2D eigenvalue weighted by atomic mass is 10.2. The van der Waals surface area contributed by atoms with Crippen LogP contribution in [0, 0.1) is 0 Å². The van der Waals surface area contributed by atoms with Gasteiger partial charge in [-0.25, -0.2) is 0 Å². The average molecular weight is 250 g/mol. The summed E-state index contributed by atoms with van der Waals surface area (Å²) in [5.74, 6) is 1.37. The van der Waals surface area contributed by atoms with Crippen LogP contribution in [-0.4, -0.2) is 22.5 Å². The summed E-state index contributed by atoms with van der Waals surface area (Å²) in [6.45, 7) is 11.5. The Hall–Kier alpha value is 0.740. The lowest BCUT2D eigenvalue weighted by Gasteiger charge is -2.23. The smallest absolute Gasteiger partial charge is 0.117 e. The SMILES string of the molecule is CCCCCCS[PH2+]N(C(C)C)C(C)C. The zero-order chi connectivity index (χ0) is 11.7. The van der Waals surface area contributed by atoms with Gasteiger partial charge < -0.3 is 0 Å². The Bertz CT molecular complexity index is 132. The van der Waals surface area contributed by atoms with Gasteiger partial charge in [-0.15, -0.1) is 0 Å². The molecule has 15 heavy (non-hydrogen) atoms. The van der Waals surface area contributed by atoms with E-state index < -0.39 is 0 Å². The van der Waals surface area contributed by atoms with Crippen molar-refractivity contribution in [3.05, 3.63) is 0 Å². The predicted octanol–water partition coefficient (Wildman–Crippen LogP) is 4.66. The van der Waals surface area contributed by atoms with Gasteiger partial charge in [-0.3, -0.25) is 0 Å². The molecule has 0 rings (SSSR count). The molecule has 1 nitrogen and oxygen atoms in total. The third-order valence-corrected chi connectivity index (χ3v) is 6.50. The second-order valence-corrected chi connectivity index (χ2v) is 7.85. The highest BCUT2D eigenvalue weighted by Crippen LogP contribution is 2.37. The first-order valence-corrected chi connectivity index (χ1v) is 9.29. The molecule has 92 valence electrons. The molecule has 0 aromatic heterocycles. The molecule has 0 aliphatic rings. The van der Waals surface area contributed by atoms with Crippen molar-refractivity contribution in [3.8, 4) is 0 Å². The number of rotatable bonds is 9. The third kappa shape index (κ3) is 8.54. The molecule has 0 aromatic carbocycles. The minimum atomic E-state index is 0.446. The molecular weight excluding hydrogens is 221 g/mol. The highest BCUT2D eigenvalue weighted by Gasteiger charge is 2.18. The van der Waals surface area contributed by atoms with Crippen LogP contribution in [0.15, 0.2) is 0 Å². The van der Waals surface area contributed by atoms with E-state index in [1.807, 2.05) is 0 Å². The number of nitrogens with zero attached hydrogens (tertiary/aromatic N) is 1. The quantitative estimate of drug-likeness (QED) is 0.432. The Labute approximate surface area is 102 Å². The van der Waals surface area contributed by atoms with Gasteiger partial charge in [0.25, 0.3) is 0 Å². The second-order valence-electron chi connectivity index (χ2n) is 4.67. The molecule has 0 saturated carbocycles. The Balaban J connectivity index is 3.46. The largest absolute Gasteiger partial charge is 0.169 e. The maximum Gasteiger partial charge on any atom is 0.117 e. The highest BCUT2D eigenvalue weighted by atomic mass is 32.7. The molecule has 0 saturated heterocycles. The molecule has 0 amide bonds. The molecule has 1 atom stereocenters. The summed E-state index contributed by atoms with van der Waals surface area (Å²) >= 11 is 2.18. The van der Waals surface area contributed by atoms with Crippen LogP contribution in [0.2, 0.25) is 0 Å². The van der Waals surface area contributed by atoms with Gasteiger partial charge in [0.2, 0.25) is 0 Å². The zero-order valence-electron chi connectivity index (χ0n) is 11.1. The average Bonchev–Trinajstić information content (AvgIpc) is 2.15. The van der Waals surface area contributed by atoms with Gasteiger partial charge in [0.1, 0.15) is 7.93 Å². The topological polar surface area (TPSA) is 3.24 Å². The van der Waals surface area contributed by atoms with E-state index in [4.69, 9.17) is 0 Å². The second kappa shape index (κ2) is 9.93. The van der Waals surface area contributed by atoms with Crippen LogP contribution in [0.5, 0.6) is 0 Å². The molecule has 0 bridgehead atoms. The predicted molar refractivity (Wildman–Crippen MR) is 78.4 cm³/mol. The molecule has 0 aliphatic carbocycles. The summed E-state index contributed by atoms with van der Waals surface area (Å²) in [5.41, 5.74) is 0. The summed E-state index contributed by atoms with van der Waals surface area (Å²) in [5, 5.41) is 0. The normalized spacial score (nSPS) is 12.8. The van der Waals surface area contributed by atoms with Gasteiger partial charge in [-0.2, -0.15) is 4.67 Å². The minimum absolute atomic E-state index is 0.446. The van der Waals surface area contributed by atoms with E-state index in [1.54, 1.807) is 0 Å². The molecular formula is C12H29NPS+. The Morgan fingerprint density at radius 1 is 1.00 bits per heavy atom. The molecule has 0 aromatic rings. The Morgan fingerprint density at radius 2 is 1.60 bits per heavy atom. The summed E-state index contributed by atoms with van der Waals surface area (Å²) in [6, 6.07) is 1.42. The Morgan fingerprint density at radius 3 is 2.07 bits per heavy atom. The zero-order valence-corrected chi connectivity index (χ0v) is 13.1. The van der Waals surface area contributed by atoms with Crippen molar-refractivity contribution < 1.29 is 0 Å². The third-order valence-electron chi connectivity index (χ3n) is 2.50. The molecule has 1 unspecified atom stereocenters. The summed E-state index contributed by atoms with van der Waals surface area (Å²) < 4.78 is 2.64. The van der Waals surface area contributed by atoms with E-state index in [-0.39, 0.29) is 0 Å². The molecule has 3 heteroatoms. The first-order valence-electron chi connectivity index (χ1n) is 6.32. The van der Waals surface area contributed by atoms with Crippen LogP contribution in [0.1, 0.15) is 60.3 Å². The maximum atomic E-state index is 2.64. The fourth-order valence-electron chi connectivity index (χ4n) is 1.59. The fraction of sp³-hybridized carbons (Fsp3) is 1.00. The van der Waals surface area contributed by atoms with Crippen molar-refractivity contribution in [2.45, 2.75) is 72.4 Å². The molecule has 0 radical (unpaired) electrons. The molecule has 0 heterocycles. The molecule has 0 spiro atoms. The van der Waals surface area contributed by atoms with Crippen LogP contribution < -0.4 is 0 Å². The van der Waals surface area contributed by atoms with Crippen molar-refractivity contribution in [3.63, 3.8) is 0 Å². The Kier molecular flexibility index (Phi) is 10.4. The van der Waals surface area contributed by atoms with Crippen molar-refractivity contribution in [1.82, 2.24) is 4.67 Å². The first kappa shape index (κ1) is 15.7. The van der Waals surface area contributed by atoms with E-state index >= 15 is 0 Å². The lowest BCUT2D eigenvalue weighted by Crippen LogP contribution is -2.28. The van der Waals surface area contributed by atoms with Crippen LogP contribution in [-0.2, 0) is 0 Å². The van der Waals surface area contributed by atoms with E-state index in [2.05, 4.69) is 50.7 Å². The van der Waals surface area contributed by atoms with Crippen molar-refractivity contribution in [2.24, 2.45) is 0 Å². The summed E-state index contributed by atoms with van der Waals surface area (Å²) in [4.78, 5) is 0. The van der Waals surface area contributed by atoms with Gasteiger partial charge in [-0.05, 0) is 34.1 Å². The molecule has 0 aliphatic heterocycles. The van der Waals surface area contributed by atoms with Crippen molar-refractivity contribution >= 4 is 19.3 Å². The van der Waals surface area contributed by atoms with E-state index in [1.165, 1.54) is 31.4 Å². The van der Waals surface area contributed by atoms with Crippen molar-refractivity contribution in [2.75, 3.05) is 5.75 Å². The maximum absolute atomic E-state index is 2.64. The summed E-state index contributed by atoms with van der Waals surface area (Å²) in [7, 11) is 0.446. The fourth-order valence-corrected chi connectivity index (χ4v) is 5.52. The first-order chi connectivity index (χ1) is 7.09. The van der Waals surface area contributed by atoms with Gasteiger partial charge in [0, 0.05) is 29.2 Å². The number of unbranched alkanes of at least 4 members (excludes halogenated alkanes) is 3.